The van der Waals surface area contributed by atoms with Crippen LogP contribution in [-0.4, -0.2) is 40.3 Å². The zero-order valence-electron chi connectivity index (χ0n) is 14.6. The van der Waals surface area contributed by atoms with Crippen LogP contribution < -0.4 is 16.4 Å². The Morgan fingerprint density at radius 1 is 1.15 bits per heavy atom. The summed E-state index contributed by atoms with van der Waals surface area (Å²) < 4.78 is 0. The molecular weight excluding hydrogens is 350 g/mol. The van der Waals surface area contributed by atoms with E-state index in [2.05, 4.69) is 15.6 Å². The Labute approximate surface area is 155 Å². The van der Waals surface area contributed by atoms with Crippen molar-refractivity contribution in [3.63, 3.8) is 0 Å². The van der Waals surface area contributed by atoms with Crippen molar-refractivity contribution in [2.45, 2.75) is 25.7 Å². The third-order valence-corrected chi connectivity index (χ3v) is 3.76. The molecule has 2 aromatic rings. The molecule has 0 saturated carbocycles. The van der Waals surface area contributed by atoms with Gasteiger partial charge in [0.1, 0.15) is 0 Å². The van der Waals surface area contributed by atoms with Gasteiger partial charge in [0.05, 0.1) is 22.6 Å². The van der Waals surface area contributed by atoms with Crippen molar-refractivity contribution in [3.8, 4) is 0 Å². The number of rotatable bonds is 9. The van der Waals surface area contributed by atoms with E-state index in [0.29, 0.717) is 16.6 Å². The number of nitrogens with zero attached hydrogens (tertiary/aromatic N) is 1. The number of aromatic nitrogens is 1. The van der Waals surface area contributed by atoms with Crippen molar-refractivity contribution in [2.75, 3.05) is 11.9 Å². The molecule has 9 nitrogen and oxygen atoms in total. The SMILES string of the molecule is N=C(N)CCNC(=O)c1cnc2ccccc2c1NC(=O)CCCC(=O)O. The first kappa shape index (κ1) is 19.8. The number of amidine groups is 1. The summed E-state index contributed by atoms with van der Waals surface area (Å²) >= 11 is 0. The number of nitrogens with two attached hydrogens (primary N) is 1. The van der Waals surface area contributed by atoms with E-state index in [1.54, 1.807) is 24.3 Å². The van der Waals surface area contributed by atoms with Crippen LogP contribution in [0.15, 0.2) is 30.5 Å². The summed E-state index contributed by atoms with van der Waals surface area (Å²) in [6, 6.07) is 7.05. The lowest BCUT2D eigenvalue weighted by molar-refractivity contribution is -0.137. The number of hydrogen-bond acceptors (Lipinski definition) is 5. The van der Waals surface area contributed by atoms with Gasteiger partial charge in [0, 0.05) is 37.4 Å². The largest absolute Gasteiger partial charge is 0.481 e. The summed E-state index contributed by atoms with van der Waals surface area (Å²) in [5.74, 6) is -1.85. The second kappa shape index (κ2) is 9.27. The topological polar surface area (TPSA) is 158 Å². The van der Waals surface area contributed by atoms with E-state index in [1.165, 1.54) is 6.20 Å². The number of hydrogen-bond donors (Lipinski definition) is 5. The second-order valence-electron chi connectivity index (χ2n) is 5.89. The molecule has 1 heterocycles. The number of amides is 2. The number of carbonyl (C=O) groups is 3. The number of fused-ring (bicyclic) bond motifs is 1. The average Bonchev–Trinajstić information content (AvgIpc) is 2.61. The van der Waals surface area contributed by atoms with Gasteiger partial charge in [-0.05, 0) is 12.5 Å². The lowest BCUT2D eigenvalue weighted by atomic mass is 10.1. The third kappa shape index (κ3) is 5.77. The molecule has 2 amide bonds. The lowest BCUT2D eigenvalue weighted by Crippen LogP contribution is -2.29. The lowest BCUT2D eigenvalue weighted by Gasteiger charge is -2.14. The van der Waals surface area contributed by atoms with Crippen LogP contribution >= 0.6 is 0 Å². The molecule has 27 heavy (non-hydrogen) atoms. The second-order valence-corrected chi connectivity index (χ2v) is 5.89. The summed E-state index contributed by atoms with van der Waals surface area (Å²) in [6.45, 7) is 0.187. The Kier molecular flexibility index (Phi) is 6.81. The van der Waals surface area contributed by atoms with E-state index in [4.69, 9.17) is 16.2 Å². The maximum Gasteiger partial charge on any atom is 0.303 e. The van der Waals surface area contributed by atoms with Crippen molar-refractivity contribution >= 4 is 40.2 Å². The zero-order valence-corrected chi connectivity index (χ0v) is 14.6. The molecule has 0 aliphatic heterocycles. The molecule has 6 N–H and O–H groups in total. The Morgan fingerprint density at radius 2 is 1.89 bits per heavy atom. The molecule has 0 atom stereocenters. The van der Waals surface area contributed by atoms with E-state index in [9.17, 15) is 14.4 Å². The van der Waals surface area contributed by atoms with Crippen LogP contribution in [0.3, 0.4) is 0 Å². The summed E-state index contributed by atoms with van der Waals surface area (Å²) in [5.41, 5.74) is 6.39. The van der Waals surface area contributed by atoms with Gasteiger partial charge in [0.25, 0.3) is 5.91 Å². The van der Waals surface area contributed by atoms with Crippen molar-refractivity contribution in [1.29, 1.82) is 5.41 Å². The first-order valence-electron chi connectivity index (χ1n) is 8.39. The maximum absolute atomic E-state index is 12.5. The molecular formula is C18H21N5O4. The molecule has 1 aromatic carbocycles. The van der Waals surface area contributed by atoms with E-state index in [0.717, 1.165) is 0 Å². The fraction of sp³-hybridized carbons (Fsp3) is 0.278. The monoisotopic (exact) mass is 371 g/mol. The van der Waals surface area contributed by atoms with Gasteiger partial charge in [-0.1, -0.05) is 18.2 Å². The highest BCUT2D eigenvalue weighted by Crippen LogP contribution is 2.26. The number of aliphatic carboxylic acids is 1. The van der Waals surface area contributed by atoms with Crippen LogP contribution in [0.5, 0.6) is 0 Å². The highest BCUT2D eigenvalue weighted by atomic mass is 16.4. The summed E-state index contributed by atoms with van der Waals surface area (Å²) in [6.07, 6.45) is 1.70. The van der Waals surface area contributed by atoms with Gasteiger partial charge >= 0.3 is 5.97 Å². The molecule has 0 saturated heterocycles. The number of benzene rings is 1. The quantitative estimate of drug-likeness (QED) is 0.332. The minimum Gasteiger partial charge on any atom is -0.481 e. The van der Waals surface area contributed by atoms with E-state index in [1.807, 2.05) is 0 Å². The Morgan fingerprint density at radius 3 is 2.59 bits per heavy atom. The number of carboxylic acid groups (broad SMARTS) is 1. The highest BCUT2D eigenvalue weighted by molar-refractivity contribution is 6.11. The van der Waals surface area contributed by atoms with Crippen LogP contribution in [0, 0.1) is 5.41 Å². The number of para-hydroxylation sites is 1. The molecule has 0 fully saturated rings. The minimum absolute atomic E-state index is 0.0222. The van der Waals surface area contributed by atoms with Gasteiger partial charge in [-0.3, -0.25) is 24.8 Å². The van der Waals surface area contributed by atoms with Gasteiger partial charge in [-0.15, -0.1) is 0 Å². The van der Waals surface area contributed by atoms with Crippen LogP contribution in [0.25, 0.3) is 10.9 Å². The van der Waals surface area contributed by atoms with Gasteiger partial charge in [-0.25, -0.2) is 0 Å². The fourth-order valence-corrected chi connectivity index (χ4v) is 2.46. The van der Waals surface area contributed by atoms with Crippen molar-refractivity contribution < 1.29 is 19.5 Å². The maximum atomic E-state index is 12.5. The van der Waals surface area contributed by atoms with Gasteiger partial charge in [-0.2, -0.15) is 0 Å². The number of nitrogens with one attached hydrogen (secondary N) is 3. The Bertz CT molecular complexity index is 881. The number of anilines is 1. The van der Waals surface area contributed by atoms with Crippen molar-refractivity contribution in [1.82, 2.24) is 10.3 Å². The molecule has 142 valence electrons. The average molecular weight is 371 g/mol. The first-order chi connectivity index (χ1) is 12.9. The van der Waals surface area contributed by atoms with Crippen LogP contribution in [0.4, 0.5) is 5.69 Å². The zero-order chi connectivity index (χ0) is 19.8. The summed E-state index contributed by atoms with van der Waals surface area (Å²) in [5, 5.41) is 21.8. The molecule has 0 radical (unpaired) electrons. The van der Waals surface area contributed by atoms with Crippen molar-refractivity contribution in [2.24, 2.45) is 5.73 Å². The number of pyridine rings is 1. The highest BCUT2D eigenvalue weighted by Gasteiger charge is 2.17. The van der Waals surface area contributed by atoms with Gasteiger partial charge in [0.15, 0.2) is 0 Å². The number of carboxylic acids is 1. The Balaban J connectivity index is 2.24. The van der Waals surface area contributed by atoms with Crippen LogP contribution in [0.1, 0.15) is 36.0 Å². The standard InChI is InChI=1S/C18H21N5O4/c19-14(20)8-9-21-18(27)12-10-22-13-5-2-1-4-11(13)17(12)23-15(24)6-3-7-16(25)26/h1-2,4-5,10H,3,6-9H2,(H3,19,20)(H,21,27)(H,25,26)(H,22,23,24). The smallest absolute Gasteiger partial charge is 0.303 e. The third-order valence-electron chi connectivity index (χ3n) is 3.76. The van der Waals surface area contributed by atoms with Crippen LogP contribution in [-0.2, 0) is 9.59 Å². The number of carbonyl (C=O) groups excluding carboxylic acids is 2. The molecule has 0 unspecified atom stereocenters. The van der Waals surface area contributed by atoms with Gasteiger partial charge in [0.2, 0.25) is 5.91 Å². The molecule has 9 heteroatoms. The molecule has 1 aromatic heterocycles. The molecule has 2 rings (SSSR count). The van der Waals surface area contributed by atoms with E-state index in [-0.39, 0.29) is 49.5 Å². The minimum atomic E-state index is -0.970. The fourth-order valence-electron chi connectivity index (χ4n) is 2.46. The normalized spacial score (nSPS) is 10.4. The van der Waals surface area contributed by atoms with Crippen molar-refractivity contribution in [3.05, 3.63) is 36.0 Å². The van der Waals surface area contributed by atoms with Gasteiger partial charge < -0.3 is 21.5 Å². The predicted octanol–water partition coefficient (Wildman–Crippen LogP) is 1.48. The van der Waals surface area contributed by atoms with E-state index < -0.39 is 11.9 Å². The Hall–Kier alpha value is -3.49. The molecule has 0 aliphatic carbocycles. The van der Waals surface area contributed by atoms with E-state index >= 15 is 0 Å². The molecule has 0 bridgehead atoms. The summed E-state index contributed by atoms with van der Waals surface area (Å²) in [4.78, 5) is 39.5. The first-order valence-corrected chi connectivity index (χ1v) is 8.39. The van der Waals surface area contributed by atoms with Crippen LogP contribution in [0.2, 0.25) is 0 Å². The predicted molar refractivity (Wildman–Crippen MR) is 101 cm³/mol. The molecule has 0 spiro atoms. The summed E-state index contributed by atoms with van der Waals surface area (Å²) in [7, 11) is 0. The molecule has 0 aliphatic rings.